The average molecular weight is 338 g/mol. The molecule has 1 aromatic carbocycles. The molecule has 0 saturated carbocycles. The Hall–Kier alpha value is -2.69. The highest BCUT2D eigenvalue weighted by atomic mass is 16.5. The second kappa shape index (κ2) is 7.92. The molecule has 1 aliphatic heterocycles. The summed E-state index contributed by atoms with van der Waals surface area (Å²) >= 11 is 0. The van der Waals surface area contributed by atoms with Gasteiger partial charge in [0.1, 0.15) is 5.75 Å². The predicted octanol–water partition coefficient (Wildman–Crippen LogP) is 2.90. The van der Waals surface area contributed by atoms with Gasteiger partial charge >= 0.3 is 0 Å². The van der Waals surface area contributed by atoms with Gasteiger partial charge in [-0.25, -0.2) is 0 Å². The van der Waals surface area contributed by atoms with Gasteiger partial charge in [0, 0.05) is 46.1 Å². The van der Waals surface area contributed by atoms with Gasteiger partial charge in [0.25, 0.3) is 0 Å². The first-order valence-electron chi connectivity index (χ1n) is 8.59. The SMILES string of the molecule is CN=C(NCc1ccn(C)c1)N1CC=C(c2cccc(OC)c2)CC1. The number of hydrogen-bond donors (Lipinski definition) is 1. The lowest BCUT2D eigenvalue weighted by molar-refractivity contribution is 0.414. The van der Waals surface area contributed by atoms with Crippen molar-refractivity contribution < 1.29 is 4.74 Å². The minimum atomic E-state index is 0.788. The highest BCUT2D eigenvalue weighted by molar-refractivity contribution is 5.81. The molecule has 1 aliphatic rings. The number of aliphatic imine (C=N–C) groups is 1. The van der Waals surface area contributed by atoms with Gasteiger partial charge in [0.2, 0.25) is 0 Å². The zero-order chi connectivity index (χ0) is 17.6. The third-order valence-corrected chi connectivity index (χ3v) is 4.50. The Morgan fingerprint density at radius 1 is 1.32 bits per heavy atom. The summed E-state index contributed by atoms with van der Waals surface area (Å²) in [4.78, 5) is 6.72. The number of aryl methyl sites for hydroxylation is 1. The van der Waals surface area contributed by atoms with E-state index in [4.69, 9.17) is 4.74 Å². The molecule has 3 rings (SSSR count). The highest BCUT2D eigenvalue weighted by Crippen LogP contribution is 2.25. The van der Waals surface area contributed by atoms with Crippen LogP contribution >= 0.6 is 0 Å². The molecule has 5 nitrogen and oxygen atoms in total. The lowest BCUT2D eigenvalue weighted by Gasteiger charge is -2.29. The van der Waals surface area contributed by atoms with Gasteiger partial charge in [-0.1, -0.05) is 18.2 Å². The number of aromatic nitrogens is 1. The number of nitrogens with zero attached hydrogens (tertiary/aromatic N) is 3. The van der Waals surface area contributed by atoms with E-state index >= 15 is 0 Å². The Morgan fingerprint density at radius 3 is 2.84 bits per heavy atom. The van der Waals surface area contributed by atoms with Crippen LogP contribution in [-0.2, 0) is 13.6 Å². The topological polar surface area (TPSA) is 41.8 Å². The molecule has 132 valence electrons. The molecule has 0 aliphatic carbocycles. The van der Waals surface area contributed by atoms with Crippen molar-refractivity contribution in [3.05, 3.63) is 59.9 Å². The molecule has 2 heterocycles. The first-order chi connectivity index (χ1) is 12.2. The third kappa shape index (κ3) is 4.24. The quantitative estimate of drug-likeness (QED) is 0.688. The first-order valence-corrected chi connectivity index (χ1v) is 8.59. The van der Waals surface area contributed by atoms with Crippen LogP contribution in [0.2, 0.25) is 0 Å². The van der Waals surface area contributed by atoms with E-state index in [9.17, 15) is 0 Å². The van der Waals surface area contributed by atoms with Crippen LogP contribution < -0.4 is 10.1 Å². The average Bonchev–Trinajstić information content (AvgIpc) is 3.08. The molecule has 0 radical (unpaired) electrons. The maximum atomic E-state index is 5.33. The van der Waals surface area contributed by atoms with E-state index in [0.717, 1.165) is 37.8 Å². The fraction of sp³-hybridized carbons (Fsp3) is 0.350. The van der Waals surface area contributed by atoms with Crippen molar-refractivity contribution in [1.29, 1.82) is 0 Å². The fourth-order valence-electron chi connectivity index (χ4n) is 3.13. The molecule has 0 spiro atoms. The number of nitrogens with one attached hydrogen (secondary N) is 1. The van der Waals surface area contributed by atoms with E-state index in [0.29, 0.717) is 0 Å². The molecule has 25 heavy (non-hydrogen) atoms. The van der Waals surface area contributed by atoms with Crippen LogP contribution in [0.1, 0.15) is 17.5 Å². The van der Waals surface area contributed by atoms with Crippen LogP contribution in [0.5, 0.6) is 5.75 Å². The minimum absolute atomic E-state index is 0.788. The van der Waals surface area contributed by atoms with Gasteiger partial charge in [0.15, 0.2) is 5.96 Å². The number of guanidine groups is 1. The summed E-state index contributed by atoms with van der Waals surface area (Å²) in [6.07, 6.45) is 7.47. The summed E-state index contributed by atoms with van der Waals surface area (Å²) in [6, 6.07) is 10.4. The normalized spacial score (nSPS) is 15.1. The maximum absolute atomic E-state index is 5.33. The Morgan fingerprint density at radius 2 is 2.20 bits per heavy atom. The summed E-state index contributed by atoms with van der Waals surface area (Å²) in [5, 5.41) is 3.45. The predicted molar refractivity (Wildman–Crippen MR) is 103 cm³/mol. The second-order valence-corrected chi connectivity index (χ2v) is 6.24. The molecule has 0 saturated heterocycles. The second-order valence-electron chi connectivity index (χ2n) is 6.24. The summed E-state index contributed by atoms with van der Waals surface area (Å²) in [7, 11) is 5.58. The Balaban J connectivity index is 1.62. The zero-order valence-corrected chi connectivity index (χ0v) is 15.2. The molecular formula is C20H26N4O. The lowest BCUT2D eigenvalue weighted by atomic mass is 9.99. The van der Waals surface area contributed by atoms with Crippen molar-refractivity contribution in [1.82, 2.24) is 14.8 Å². The lowest BCUT2D eigenvalue weighted by Crippen LogP contribution is -2.43. The standard InChI is InChI=1S/C20H26N4O/c1-21-20(22-14-16-7-10-23(2)15-16)24-11-8-17(9-12-24)18-5-4-6-19(13-18)25-3/h4-8,10,13,15H,9,11-12,14H2,1-3H3,(H,21,22). The Labute approximate surface area is 149 Å². The summed E-state index contributed by atoms with van der Waals surface area (Å²) < 4.78 is 7.39. The smallest absolute Gasteiger partial charge is 0.194 e. The highest BCUT2D eigenvalue weighted by Gasteiger charge is 2.16. The molecule has 0 atom stereocenters. The van der Waals surface area contributed by atoms with E-state index in [-0.39, 0.29) is 0 Å². The van der Waals surface area contributed by atoms with Crippen LogP contribution in [0, 0.1) is 0 Å². The number of hydrogen-bond acceptors (Lipinski definition) is 2. The number of benzene rings is 1. The van der Waals surface area contributed by atoms with Crippen molar-refractivity contribution in [2.24, 2.45) is 12.0 Å². The Bertz CT molecular complexity index is 776. The molecule has 0 fully saturated rings. The van der Waals surface area contributed by atoms with Crippen molar-refractivity contribution in [2.45, 2.75) is 13.0 Å². The molecule has 5 heteroatoms. The summed E-state index contributed by atoms with van der Waals surface area (Å²) in [5.74, 6) is 1.85. The van der Waals surface area contributed by atoms with Gasteiger partial charge in [-0.3, -0.25) is 4.99 Å². The van der Waals surface area contributed by atoms with E-state index in [2.05, 4.69) is 56.4 Å². The van der Waals surface area contributed by atoms with Crippen molar-refractivity contribution in [2.75, 3.05) is 27.2 Å². The fourth-order valence-corrected chi connectivity index (χ4v) is 3.13. The molecule has 0 unspecified atom stereocenters. The van der Waals surface area contributed by atoms with E-state index in [1.165, 1.54) is 16.7 Å². The number of rotatable bonds is 4. The molecule has 0 bridgehead atoms. The van der Waals surface area contributed by atoms with Crippen molar-refractivity contribution >= 4 is 11.5 Å². The monoisotopic (exact) mass is 338 g/mol. The van der Waals surface area contributed by atoms with E-state index < -0.39 is 0 Å². The van der Waals surface area contributed by atoms with Crippen molar-refractivity contribution in [3.63, 3.8) is 0 Å². The van der Waals surface area contributed by atoms with E-state index in [1.54, 1.807) is 7.11 Å². The van der Waals surface area contributed by atoms with Gasteiger partial charge in [-0.15, -0.1) is 0 Å². The Kier molecular flexibility index (Phi) is 5.43. The van der Waals surface area contributed by atoms with Crippen LogP contribution in [-0.4, -0.2) is 42.7 Å². The summed E-state index contributed by atoms with van der Waals surface area (Å²) in [6.45, 7) is 2.61. The van der Waals surface area contributed by atoms with Gasteiger partial charge in [-0.2, -0.15) is 0 Å². The third-order valence-electron chi connectivity index (χ3n) is 4.50. The first kappa shape index (κ1) is 17.1. The van der Waals surface area contributed by atoms with E-state index in [1.807, 2.05) is 26.2 Å². The zero-order valence-electron chi connectivity index (χ0n) is 15.2. The molecule has 1 N–H and O–H groups in total. The number of ether oxygens (including phenoxy) is 1. The van der Waals surface area contributed by atoms with Crippen LogP contribution in [0.15, 0.2) is 53.8 Å². The van der Waals surface area contributed by atoms with Crippen LogP contribution in [0.25, 0.3) is 5.57 Å². The van der Waals surface area contributed by atoms with Gasteiger partial charge in [-0.05, 0) is 41.3 Å². The molecule has 1 aromatic heterocycles. The molecular weight excluding hydrogens is 312 g/mol. The minimum Gasteiger partial charge on any atom is -0.497 e. The van der Waals surface area contributed by atoms with Crippen LogP contribution in [0.4, 0.5) is 0 Å². The van der Waals surface area contributed by atoms with Gasteiger partial charge < -0.3 is 19.5 Å². The van der Waals surface area contributed by atoms with Crippen LogP contribution in [0.3, 0.4) is 0 Å². The number of methoxy groups -OCH3 is 1. The van der Waals surface area contributed by atoms with Gasteiger partial charge in [0.05, 0.1) is 7.11 Å². The summed E-state index contributed by atoms with van der Waals surface area (Å²) in [5.41, 5.74) is 3.87. The van der Waals surface area contributed by atoms with Crippen molar-refractivity contribution in [3.8, 4) is 5.75 Å². The maximum Gasteiger partial charge on any atom is 0.194 e. The molecule has 0 amide bonds. The largest absolute Gasteiger partial charge is 0.497 e. The molecule has 2 aromatic rings.